The van der Waals surface area contributed by atoms with Gasteiger partial charge in [0.15, 0.2) is 0 Å². The van der Waals surface area contributed by atoms with Gasteiger partial charge in [0.2, 0.25) is 11.8 Å². The number of ether oxygens (including phenoxy) is 1. The Morgan fingerprint density at radius 3 is 2.64 bits per heavy atom. The number of anilines is 2. The highest BCUT2D eigenvalue weighted by Crippen LogP contribution is 2.40. The standard InChI is InChI=1S/C30H31F4N7O5S/c1-18-7-8-20-21(9-10-23(31)25(20)39-47(44,45)40(2)16-12-30(32,33)34)26(18)46-27-22(6-3-13-35-27)24-11-14-36-28(38-24)37-19-5-4-15-41(17-19)29(42)43/h3,6-11,13-14,19,39H,4-5,12,15-17H2,1-2H3,(H,42,43)(H,36,37,38)/t19-/m0/s1. The summed E-state index contributed by atoms with van der Waals surface area (Å²) in [6.45, 7) is 1.61. The molecule has 1 aliphatic heterocycles. The highest BCUT2D eigenvalue weighted by molar-refractivity contribution is 7.90. The molecular weight excluding hydrogens is 646 g/mol. The molecule has 0 bridgehead atoms. The third-order valence-electron chi connectivity index (χ3n) is 7.58. The number of amides is 1. The number of carboxylic acid groups (broad SMARTS) is 1. The lowest BCUT2D eigenvalue weighted by atomic mass is 10.0. The van der Waals surface area contributed by atoms with Crippen LogP contribution in [0.4, 0.5) is 34.0 Å². The van der Waals surface area contributed by atoms with Gasteiger partial charge in [-0.2, -0.15) is 25.9 Å². The summed E-state index contributed by atoms with van der Waals surface area (Å²) in [6.07, 6.45) is -2.48. The molecule has 1 fully saturated rings. The molecule has 0 aliphatic carbocycles. The van der Waals surface area contributed by atoms with E-state index in [0.717, 1.165) is 19.5 Å². The smallest absolute Gasteiger partial charge is 0.407 e. The Labute approximate surface area is 267 Å². The van der Waals surface area contributed by atoms with Gasteiger partial charge in [0.05, 0.1) is 23.4 Å². The van der Waals surface area contributed by atoms with Crippen LogP contribution in [-0.2, 0) is 10.2 Å². The number of aromatic nitrogens is 3. The van der Waals surface area contributed by atoms with E-state index < -0.39 is 46.9 Å². The zero-order valence-electron chi connectivity index (χ0n) is 25.3. The van der Waals surface area contributed by atoms with Crippen molar-refractivity contribution < 1.29 is 40.6 Å². The van der Waals surface area contributed by atoms with Crippen LogP contribution in [0.1, 0.15) is 24.8 Å². The van der Waals surface area contributed by atoms with Gasteiger partial charge in [0.25, 0.3) is 0 Å². The Morgan fingerprint density at radius 1 is 1.13 bits per heavy atom. The first-order chi connectivity index (χ1) is 22.2. The molecule has 1 saturated heterocycles. The van der Waals surface area contributed by atoms with Crippen molar-refractivity contribution in [2.45, 2.75) is 38.4 Å². The lowest BCUT2D eigenvalue weighted by Crippen LogP contribution is -2.44. The number of benzene rings is 2. The molecule has 3 heterocycles. The largest absolute Gasteiger partial charge is 0.465 e. The highest BCUT2D eigenvalue weighted by atomic mass is 32.2. The quantitative estimate of drug-likeness (QED) is 0.171. The predicted octanol–water partition coefficient (Wildman–Crippen LogP) is 6.03. The summed E-state index contributed by atoms with van der Waals surface area (Å²) in [7, 11) is -3.59. The van der Waals surface area contributed by atoms with E-state index >= 15 is 4.39 Å². The Morgan fingerprint density at radius 2 is 1.89 bits per heavy atom. The zero-order valence-corrected chi connectivity index (χ0v) is 26.1. The molecule has 2 aromatic carbocycles. The molecule has 2 aromatic heterocycles. The fourth-order valence-electron chi connectivity index (χ4n) is 5.10. The van der Waals surface area contributed by atoms with Crippen LogP contribution in [0, 0.1) is 12.7 Å². The number of hydrogen-bond acceptors (Lipinski definition) is 8. The number of likely N-dealkylation sites (tertiary alicyclic amines) is 1. The van der Waals surface area contributed by atoms with Crippen LogP contribution in [0.15, 0.2) is 54.9 Å². The Hall–Kier alpha value is -4.77. The SMILES string of the molecule is Cc1ccc2c(NS(=O)(=O)N(C)CCC(F)(F)F)c(F)ccc2c1Oc1ncccc1-c1ccnc(N[C@H]2CCCN(C(=O)O)C2)n1. The second kappa shape index (κ2) is 13.5. The summed E-state index contributed by atoms with van der Waals surface area (Å²) in [6, 6.07) is 10.4. The predicted molar refractivity (Wildman–Crippen MR) is 166 cm³/mol. The monoisotopic (exact) mass is 677 g/mol. The third-order valence-corrected chi connectivity index (χ3v) is 9.04. The lowest BCUT2D eigenvalue weighted by molar-refractivity contribution is -0.135. The Kier molecular flexibility index (Phi) is 9.67. The first-order valence-corrected chi connectivity index (χ1v) is 15.9. The summed E-state index contributed by atoms with van der Waals surface area (Å²) in [5.74, 6) is -0.301. The van der Waals surface area contributed by atoms with E-state index in [1.165, 1.54) is 29.4 Å². The Bertz CT molecular complexity index is 1890. The summed E-state index contributed by atoms with van der Waals surface area (Å²) < 4.78 is 87.7. The minimum atomic E-state index is -4.58. The fraction of sp³-hybridized carbons (Fsp3) is 0.333. The maximum absolute atomic E-state index is 15.1. The fourth-order valence-corrected chi connectivity index (χ4v) is 6.06. The van der Waals surface area contributed by atoms with Crippen LogP contribution in [0.2, 0.25) is 0 Å². The van der Waals surface area contributed by atoms with Gasteiger partial charge >= 0.3 is 22.5 Å². The van der Waals surface area contributed by atoms with Gasteiger partial charge in [-0.25, -0.2) is 24.1 Å². The maximum Gasteiger partial charge on any atom is 0.407 e. The van der Waals surface area contributed by atoms with Crippen molar-refractivity contribution in [3.8, 4) is 22.9 Å². The van der Waals surface area contributed by atoms with E-state index in [2.05, 4.69) is 25.0 Å². The van der Waals surface area contributed by atoms with Crippen molar-refractivity contribution in [1.29, 1.82) is 0 Å². The highest BCUT2D eigenvalue weighted by Gasteiger charge is 2.31. The third kappa shape index (κ3) is 7.97. The number of alkyl halides is 3. The molecule has 1 amide bonds. The van der Waals surface area contributed by atoms with Gasteiger partial charge in [-0.05, 0) is 55.7 Å². The minimum Gasteiger partial charge on any atom is -0.465 e. The molecule has 0 saturated carbocycles. The first-order valence-electron chi connectivity index (χ1n) is 14.4. The molecule has 250 valence electrons. The van der Waals surface area contributed by atoms with E-state index in [-0.39, 0.29) is 35.6 Å². The normalized spacial score (nSPS) is 15.6. The molecule has 1 atom stereocenters. The second-order valence-corrected chi connectivity index (χ2v) is 12.7. The average Bonchev–Trinajstić information content (AvgIpc) is 3.02. The van der Waals surface area contributed by atoms with Gasteiger partial charge in [-0.3, -0.25) is 4.72 Å². The van der Waals surface area contributed by atoms with Crippen molar-refractivity contribution >= 4 is 38.7 Å². The number of rotatable bonds is 10. The van der Waals surface area contributed by atoms with Crippen molar-refractivity contribution in [3.63, 3.8) is 0 Å². The topological polar surface area (TPSA) is 150 Å². The maximum atomic E-state index is 15.1. The number of carbonyl (C=O) groups is 1. The summed E-state index contributed by atoms with van der Waals surface area (Å²) in [5, 5.41) is 13.0. The van der Waals surface area contributed by atoms with E-state index in [4.69, 9.17) is 4.74 Å². The molecule has 4 aromatic rings. The molecule has 0 radical (unpaired) electrons. The van der Waals surface area contributed by atoms with Crippen molar-refractivity contribution in [3.05, 3.63) is 66.2 Å². The van der Waals surface area contributed by atoms with Gasteiger partial charge in [0.1, 0.15) is 11.6 Å². The molecule has 47 heavy (non-hydrogen) atoms. The minimum absolute atomic E-state index is 0.104. The van der Waals surface area contributed by atoms with Crippen LogP contribution in [0.5, 0.6) is 11.6 Å². The summed E-state index contributed by atoms with van der Waals surface area (Å²) >= 11 is 0. The molecule has 12 nitrogen and oxygen atoms in total. The molecule has 5 rings (SSSR count). The van der Waals surface area contributed by atoms with Crippen molar-refractivity contribution in [2.24, 2.45) is 0 Å². The number of piperidine rings is 1. The number of nitrogens with one attached hydrogen (secondary N) is 2. The Balaban J connectivity index is 1.44. The number of halogens is 4. The van der Waals surface area contributed by atoms with E-state index in [1.54, 1.807) is 31.2 Å². The molecular formula is C30H31F4N7O5S. The molecule has 0 spiro atoms. The summed E-state index contributed by atoms with van der Waals surface area (Å²) in [5.41, 5.74) is 1.06. The van der Waals surface area contributed by atoms with Crippen molar-refractivity contribution in [1.82, 2.24) is 24.2 Å². The first kappa shape index (κ1) is 33.6. The van der Waals surface area contributed by atoms with Gasteiger partial charge in [0, 0.05) is 55.9 Å². The average molecular weight is 678 g/mol. The van der Waals surface area contributed by atoms with Crippen LogP contribution < -0.4 is 14.8 Å². The zero-order chi connectivity index (χ0) is 33.9. The molecule has 1 aliphatic rings. The molecule has 0 unspecified atom stereocenters. The number of pyridine rings is 1. The second-order valence-electron chi connectivity index (χ2n) is 11.0. The molecule has 3 N–H and O–H groups in total. The number of nitrogens with zero attached hydrogens (tertiary/aromatic N) is 5. The van der Waals surface area contributed by atoms with Gasteiger partial charge in [-0.15, -0.1) is 0 Å². The number of hydrogen-bond donors (Lipinski definition) is 3. The molecule has 17 heteroatoms. The van der Waals surface area contributed by atoms with E-state index in [0.29, 0.717) is 39.5 Å². The number of aryl methyl sites for hydroxylation is 1. The van der Waals surface area contributed by atoms with Crippen LogP contribution in [0.3, 0.4) is 0 Å². The van der Waals surface area contributed by atoms with E-state index in [1.807, 2.05) is 0 Å². The number of fused-ring (bicyclic) bond motifs is 1. The van der Waals surface area contributed by atoms with Crippen LogP contribution in [0.25, 0.3) is 22.0 Å². The lowest BCUT2D eigenvalue weighted by Gasteiger charge is -2.31. The van der Waals surface area contributed by atoms with Gasteiger partial charge < -0.3 is 20.1 Å². The van der Waals surface area contributed by atoms with E-state index in [9.17, 15) is 31.5 Å². The van der Waals surface area contributed by atoms with Gasteiger partial charge in [-0.1, -0.05) is 12.1 Å². The van der Waals surface area contributed by atoms with Crippen molar-refractivity contribution in [2.75, 3.05) is 36.7 Å². The summed E-state index contributed by atoms with van der Waals surface area (Å²) in [4.78, 5) is 26.0. The van der Waals surface area contributed by atoms with Crippen LogP contribution in [-0.4, -0.2) is 82.7 Å². The van der Waals surface area contributed by atoms with Crippen LogP contribution >= 0.6 is 0 Å².